The average Bonchev–Trinajstić information content (AvgIpc) is 3.18. The monoisotopic (exact) mass is 447 g/mol. The molecule has 0 saturated carbocycles. The fraction of sp³-hybridized carbons (Fsp3) is 0.308. The van der Waals surface area contributed by atoms with Gasteiger partial charge in [0.25, 0.3) is 5.91 Å². The number of aromatic nitrogens is 1. The number of benzene rings is 2. The Labute approximate surface area is 193 Å². The molecular weight excluding hydrogens is 422 g/mol. The zero-order valence-corrected chi connectivity index (χ0v) is 18.6. The van der Waals surface area contributed by atoms with Gasteiger partial charge < -0.3 is 9.64 Å². The molecule has 1 aromatic heterocycles. The minimum atomic E-state index is -0.900. The molecule has 2 saturated heterocycles. The summed E-state index contributed by atoms with van der Waals surface area (Å²) < 4.78 is 6.38. The number of ether oxygens (including phenoxy) is 1. The number of likely N-dealkylation sites (tertiary alicyclic amines) is 1. The van der Waals surface area contributed by atoms with E-state index in [1.807, 2.05) is 59.6 Å². The minimum absolute atomic E-state index is 0.0695. The van der Waals surface area contributed by atoms with Gasteiger partial charge in [-0.25, -0.2) is 0 Å². The van der Waals surface area contributed by atoms with Crippen molar-refractivity contribution < 1.29 is 9.53 Å². The number of hydrogen-bond donors (Lipinski definition) is 0. The fourth-order valence-corrected chi connectivity index (χ4v) is 5.05. The Hall–Kier alpha value is -2.73. The topological polar surface area (TPSA) is 45.7 Å². The van der Waals surface area contributed by atoms with Crippen LogP contribution in [-0.2, 0) is 22.6 Å². The predicted molar refractivity (Wildman–Crippen MR) is 124 cm³/mol. The Balaban J connectivity index is 1.44. The van der Waals surface area contributed by atoms with Crippen LogP contribution in [0.3, 0.4) is 0 Å². The molecule has 2 unspecified atom stereocenters. The third kappa shape index (κ3) is 4.16. The quantitative estimate of drug-likeness (QED) is 0.590. The normalized spacial score (nSPS) is 23.7. The van der Waals surface area contributed by atoms with Crippen LogP contribution in [0.25, 0.3) is 0 Å². The summed E-state index contributed by atoms with van der Waals surface area (Å²) in [4.78, 5) is 22.5. The summed E-state index contributed by atoms with van der Waals surface area (Å²) in [6.45, 7) is 3.77. The van der Waals surface area contributed by atoms with E-state index in [0.29, 0.717) is 26.2 Å². The van der Waals surface area contributed by atoms with Gasteiger partial charge in [-0.3, -0.25) is 14.7 Å². The van der Waals surface area contributed by atoms with Gasteiger partial charge in [-0.2, -0.15) is 0 Å². The summed E-state index contributed by atoms with van der Waals surface area (Å²) in [5.74, 6) is -0.00497. The van der Waals surface area contributed by atoms with E-state index in [4.69, 9.17) is 16.3 Å². The van der Waals surface area contributed by atoms with E-state index in [1.165, 1.54) is 5.56 Å². The van der Waals surface area contributed by atoms with Gasteiger partial charge in [0.15, 0.2) is 5.60 Å². The molecular formula is C26H26ClN3O2. The molecule has 2 aromatic carbocycles. The predicted octanol–water partition coefficient (Wildman–Crippen LogP) is 4.13. The van der Waals surface area contributed by atoms with Crippen molar-refractivity contribution in [2.45, 2.75) is 24.6 Å². The molecule has 0 N–H and O–H groups in total. The first-order valence-electron chi connectivity index (χ1n) is 11.0. The lowest BCUT2D eigenvalue weighted by molar-refractivity contribution is -0.173. The number of pyridine rings is 1. The Morgan fingerprint density at radius 1 is 1.00 bits per heavy atom. The highest BCUT2D eigenvalue weighted by atomic mass is 35.5. The highest BCUT2D eigenvalue weighted by Crippen LogP contribution is 2.42. The number of rotatable bonds is 5. The molecule has 2 aliphatic rings. The van der Waals surface area contributed by atoms with Crippen LogP contribution in [0.5, 0.6) is 0 Å². The molecule has 164 valence electrons. The summed E-state index contributed by atoms with van der Waals surface area (Å²) in [6, 6.07) is 22.0. The lowest BCUT2D eigenvalue weighted by Gasteiger charge is -2.42. The molecule has 3 aromatic rings. The second-order valence-corrected chi connectivity index (χ2v) is 9.02. The smallest absolute Gasteiger partial charge is 0.257 e. The number of carbonyl (C=O) groups is 1. The molecule has 1 amide bonds. The maximum absolute atomic E-state index is 13.9. The molecule has 32 heavy (non-hydrogen) atoms. The van der Waals surface area contributed by atoms with Gasteiger partial charge in [-0.15, -0.1) is 0 Å². The molecule has 2 aliphatic heterocycles. The molecule has 2 atom stereocenters. The van der Waals surface area contributed by atoms with E-state index < -0.39 is 5.60 Å². The first-order valence-corrected chi connectivity index (χ1v) is 11.4. The molecule has 0 aliphatic carbocycles. The fourth-order valence-electron chi connectivity index (χ4n) is 4.92. The van der Waals surface area contributed by atoms with Crippen LogP contribution < -0.4 is 0 Å². The van der Waals surface area contributed by atoms with Gasteiger partial charge in [0.1, 0.15) is 0 Å². The Bertz CT molecular complexity index is 1060. The average molecular weight is 448 g/mol. The Kier molecular flexibility index (Phi) is 5.96. The van der Waals surface area contributed by atoms with Crippen LogP contribution in [0.1, 0.15) is 22.6 Å². The van der Waals surface area contributed by atoms with Crippen LogP contribution in [0.4, 0.5) is 0 Å². The number of halogens is 1. The zero-order chi connectivity index (χ0) is 22.0. The van der Waals surface area contributed by atoms with E-state index in [2.05, 4.69) is 28.1 Å². The number of nitrogens with zero attached hydrogens (tertiary/aromatic N) is 3. The lowest BCUT2D eigenvalue weighted by atomic mass is 9.83. The van der Waals surface area contributed by atoms with E-state index in [0.717, 1.165) is 29.2 Å². The zero-order valence-electron chi connectivity index (χ0n) is 17.9. The Morgan fingerprint density at radius 3 is 2.53 bits per heavy atom. The Morgan fingerprint density at radius 2 is 1.78 bits per heavy atom. The van der Waals surface area contributed by atoms with Crippen molar-refractivity contribution in [2.24, 2.45) is 0 Å². The van der Waals surface area contributed by atoms with Crippen molar-refractivity contribution in [3.8, 4) is 0 Å². The first-order chi connectivity index (χ1) is 15.6. The van der Waals surface area contributed by atoms with Gasteiger partial charge in [0, 0.05) is 56.1 Å². The van der Waals surface area contributed by atoms with Crippen molar-refractivity contribution in [1.29, 1.82) is 0 Å². The van der Waals surface area contributed by atoms with Gasteiger partial charge in [-0.05, 0) is 34.9 Å². The van der Waals surface area contributed by atoms with Gasteiger partial charge in [0.2, 0.25) is 0 Å². The van der Waals surface area contributed by atoms with Crippen LogP contribution >= 0.6 is 11.6 Å². The van der Waals surface area contributed by atoms with Crippen molar-refractivity contribution in [1.82, 2.24) is 14.8 Å². The maximum atomic E-state index is 13.9. The second kappa shape index (κ2) is 9.02. The molecule has 6 heteroatoms. The standard InChI is InChI=1S/C26H26ClN3O2/c27-23-10-8-21(9-11-23)16-29-18-24(22-7-4-12-28-15-22)26(19-29)25(31)30(13-14-32-26)17-20-5-2-1-3-6-20/h1-12,15,24H,13-14,16-19H2. The molecule has 5 nitrogen and oxygen atoms in total. The summed E-state index contributed by atoms with van der Waals surface area (Å²) in [6.07, 6.45) is 3.63. The van der Waals surface area contributed by atoms with Crippen molar-refractivity contribution >= 4 is 17.5 Å². The summed E-state index contributed by atoms with van der Waals surface area (Å²) in [5.41, 5.74) is 2.44. The summed E-state index contributed by atoms with van der Waals surface area (Å²) in [7, 11) is 0. The van der Waals surface area contributed by atoms with E-state index in [9.17, 15) is 4.79 Å². The van der Waals surface area contributed by atoms with E-state index >= 15 is 0 Å². The van der Waals surface area contributed by atoms with Crippen molar-refractivity contribution in [2.75, 3.05) is 26.2 Å². The van der Waals surface area contributed by atoms with E-state index in [-0.39, 0.29) is 11.8 Å². The maximum Gasteiger partial charge on any atom is 0.257 e. The van der Waals surface area contributed by atoms with E-state index in [1.54, 1.807) is 6.20 Å². The third-order valence-electron chi connectivity index (χ3n) is 6.45. The minimum Gasteiger partial charge on any atom is -0.361 e. The largest absolute Gasteiger partial charge is 0.361 e. The lowest BCUT2D eigenvalue weighted by Crippen LogP contribution is -2.59. The number of carbonyl (C=O) groups excluding carboxylic acids is 1. The second-order valence-electron chi connectivity index (χ2n) is 8.59. The molecule has 5 rings (SSSR count). The van der Waals surface area contributed by atoms with Crippen LogP contribution in [0.15, 0.2) is 79.1 Å². The summed E-state index contributed by atoms with van der Waals surface area (Å²) in [5, 5.41) is 0.724. The van der Waals surface area contributed by atoms with Crippen molar-refractivity contribution in [3.63, 3.8) is 0 Å². The summed E-state index contributed by atoms with van der Waals surface area (Å²) >= 11 is 6.06. The molecule has 1 spiro atoms. The third-order valence-corrected chi connectivity index (χ3v) is 6.71. The molecule has 3 heterocycles. The van der Waals surface area contributed by atoms with Crippen molar-refractivity contribution in [3.05, 3.63) is 101 Å². The van der Waals surface area contributed by atoms with Crippen LogP contribution in [0, 0.1) is 0 Å². The van der Waals surface area contributed by atoms with Gasteiger partial charge in [-0.1, -0.05) is 60.1 Å². The highest BCUT2D eigenvalue weighted by molar-refractivity contribution is 6.30. The number of hydrogen-bond acceptors (Lipinski definition) is 4. The molecule has 2 fully saturated rings. The number of amides is 1. The number of morpholine rings is 1. The molecule has 0 radical (unpaired) electrons. The van der Waals surface area contributed by atoms with Crippen LogP contribution in [0.2, 0.25) is 5.02 Å². The first kappa shape index (κ1) is 21.1. The van der Waals surface area contributed by atoms with Gasteiger partial charge >= 0.3 is 0 Å². The highest BCUT2D eigenvalue weighted by Gasteiger charge is 2.56. The SMILES string of the molecule is O=C1N(Cc2ccccc2)CCOC12CN(Cc1ccc(Cl)cc1)CC2c1cccnc1. The van der Waals surface area contributed by atoms with Crippen LogP contribution in [-0.4, -0.2) is 52.5 Å². The van der Waals surface area contributed by atoms with Gasteiger partial charge in [0.05, 0.1) is 6.61 Å². The molecule has 0 bridgehead atoms.